The van der Waals surface area contributed by atoms with E-state index in [-0.39, 0.29) is 29.6 Å². The SMILES string of the molecule is C[C]=O.O=S(=O)(O)O.[NaH]. The fourth-order valence-electron chi connectivity index (χ4n) is 0. The average molecular weight is 165 g/mol. The van der Waals surface area contributed by atoms with Crippen molar-refractivity contribution in [3.05, 3.63) is 0 Å². The molecule has 0 spiro atoms. The summed E-state index contributed by atoms with van der Waals surface area (Å²) in [6, 6.07) is 0. The zero-order valence-electron chi connectivity index (χ0n) is 4.03. The van der Waals surface area contributed by atoms with E-state index in [4.69, 9.17) is 22.3 Å². The van der Waals surface area contributed by atoms with Gasteiger partial charge in [0.15, 0.2) is 6.29 Å². The van der Waals surface area contributed by atoms with Crippen molar-refractivity contribution in [2.24, 2.45) is 0 Å². The monoisotopic (exact) mass is 165 g/mol. The molecule has 51 valence electrons. The molecule has 0 aliphatic heterocycles. The van der Waals surface area contributed by atoms with Gasteiger partial charge in [0.25, 0.3) is 0 Å². The summed E-state index contributed by atoms with van der Waals surface area (Å²) in [5.74, 6) is 0. The Morgan fingerprint density at radius 2 is 1.33 bits per heavy atom. The Morgan fingerprint density at radius 1 is 1.33 bits per heavy atom. The van der Waals surface area contributed by atoms with Crippen LogP contribution in [-0.2, 0) is 15.2 Å². The molecule has 9 heavy (non-hydrogen) atoms. The van der Waals surface area contributed by atoms with Gasteiger partial charge in [-0.1, -0.05) is 0 Å². The Labute approximate surface area is 75.3 Å². The summed E-state index contributed by atoms with van der Waals surface area (Å²) in [5, 5.41) is 0. The molecule has 0 unspecified atom stereocenters. The number of hydrogen-bond acceptors (Lipinski definition) is 3. The second kappa shape index (κ2) is 8.54. The van der Waals surface area contributed by atoms with E-state index in [1.165, 1.54) is 13.2 Å². The van der Waals surface area contributed by atoms with Crippen molar-refractivity contribution < 1.29 is 22.3 Å². The molecule has 0 aliphatic carbocycles. The van der Waals surface area contributed by atoms with Gasteiger partial charge < -0.3 is 0 Å². The quantitative estimate of drug-likeness (QED) is 0.348. The van der Waals surface area contributed by atoms with Gasteiger partial charge >= 0.3 is 40.0 Å². The molecule has 0 aromatic heterocycles. The van der Waals surface area contributed by atoms with Gasteiger partial charge in [0.2, 0.25) is 0 Å². The van der Waals surface area contributed by atoms with Crippen molar-refractivity contribution in [3.8, 4) is 0 Å². The molecule has 0 amide bonds. The van der Waals surface area contributed by atoms with Crippen molar-refractivity contribution in [1.82, 2.24) is 0 Å². The van der Waals surface area contributed by atoms with E-state index in [0.29, 0.717) is 0 Å². The third kappa shape index (κ3) is 1250. The fourth-order valence-corrected chi connectivity index (χ4v) is 0. The van der Waals surface area contributed by atoms with Crippen LogP contribution in [0.15, 0.2) is 0 Å². The Bertz CT molecular complexity index is 129. The van der Waals surface area contributed by atoms with E-state index in [9.17, 15) is 0 Å². The Hall–Kier alpha value is 0.540. The number of carbonyl (C=O) groups excluding carboxylic acids is 1. The molecule has 0 rings (SSSR count). The summed E-state index contributed by atoms with van der Waals surface area (Å²) in [5.41, 5.74) is 0. The van der Waals surface area contributed by atoms with E-state index in [1.54, 1.807) is 0 Å². The Morgan fingerprint density at radius 3 is 1.33 bits per heavy atom. The third-order valence-corrected chi connectivity index (χ3v) is 0. The van der Waals surface area contributed by atoms with Crippen LogP contribution in [0.1, 0.15) is 6.92 Å². The molecule has 0 saturated carbocycles. The van der Waals surface area contributed by atoms with Crippen molar-refractivity contribution in [2.45, 2.75) is 6.92 Å². The summed E-state index contributed by atoms with van der Waals surface area (Å²) in [6.45, 7) is 1.32. The van der Waals surface area contributed by atoms with Crippen LogP contribution in [0.25, 0.3) is 0 Å². The Kier molecular flexibility index (Phi) is 15.4. The zero-order valence-corrected chi connectivity index (χ0v) is 4.84. The fraction of sp³-hybridized carbons (Fsp3) is 0.500. The first-order valence-corrected chi connectivity index (χ1v) is 2.80. The maximum atomic E-state index is 8.74. The van der Waals surface area contributed by atoms with Crippen LogP contribution in [0.2, 0.25) is 0 Å². The normalized spacial score (nSPS) is 7.89. The molecule has 5 nitrogen and oxygen atoms in total. The molecule has 7 heteroatoms. The molecular weight excluding hydrogens is 159 g/mol. The van der Waals surface area contributed by atoms with Crippen LogP contribution in [0.4, 0.5) is 0 Å². The zero-order chi connectivity index (χ0) is 7.21. The van der Waals surface area contributed by atoms with E-state index < -0.39 is 10.4 Å². The minimum absolute atomic E-state index is 0. The summed E-state index contributed by atoms with van der Waals surface area (Å²) in [7, 11) is -4.67. The van der Waals surface area contributed by atoms with E-state index in [0.717, 1.165) is 0 Å². The summed E-state index contributed by atoms with van der Waals surface area (Å²) in [6.07, 6.45) is 1.50. The standard InChI is InChI=1S/C2H3O.Na.H2O4S.H/c1-2-3;;1-5(2,3)4;/h1H3;;(H2,1,2,3,4);. The predicted molar refractivity (Wildman–Crippen MR) is 32.7 cm³/mol. The summed E-state index contributed by atoms with van der Waals surface area (Å²) < 4.78 is 31.6. The molecule has 0 aromatic rings. The van der Waals surface area contributed by atoms with Crippen molar-refractivity contribution >= 4 is 46.2 Å². The van der Waals surface area contributed by atoms with E-state index >= 15 is 0 Å². The van der Waals surface area contributed by atoms with Gasteiger partial charge in [-0.05, 0) is 0 Å². The molecule has 2 N–H and O–H groups in total. The van der Waals surface area contributed by atoms with Crippen molar-refractivity contribution in [2.75, 3.05) is 0 Å². The summed E-state index contributed by atoms with van der Waals surface area (Å²) in [4.78, 5) is 8.68. The molecule has 1 radical (unpaired) electrons. The first kappa shape index (κ1) is 16.3. The molecule has 0 heterocycles. The van der Waals surface area contributed by atoms with E-state index in [2.05, 4.69) is 0 Å². The third-order valence-electron chi connectivity index (χ3n) is 0. The van der Waals surface area contributed by atoms with Crippen molar-refractivity contribution in [3.63, 3.8) is 0 Å². The van der Waals surface area contributed by atoms with Crippen LogP contribution in [0, 0.1) is 0 Å². The number of rotatable bonds is 0. The van der Waals surface area contributed by atoms with E-state index in [1.807, 2.05) is 0 Å². The average Bonchev–Trinajstić information content (AvgIpc) is 1.27. The molecule has 0 bridgehead atoms. The molecule has 0 atom stereocenters. The molecule has 0 fully saturated rings. The molecule has 0 saturated heterocycles. The van der Waals surface area contributed by atoms with Gasteiger partial charge in [0, 0.05) is 6.92 Å². The first-order chi connectivity index (χ1) is 3.41. The van der Waals surface area contributed by atoms with Gasteiger partial charge in [-0.25, -0.2) is 0 Å². The van der Waals surface area contributed by atoms with Crippen LogP contribution in [-0.4, -0.2) is 53.4 Å². The summed E-state index contributed by atoms with van der Waals surface area (Å²) >= 11 is 0. The van der Waals surface area contributed by atoms with Gasteiger partial charge in [-0.3, -0.25) is 13.9 Å². The maximum absolute atomic E-state index is 8.74. The van der Waals surface area contributed by atoms with Crippen LogP contribution in [0.5, 0.6) is 0 Å². The minimum atomic E-state index is -4.67. The first-order valence-electron chi connectivity index (χ1n) is 1.40. The van der Waals surface area contributed by atoms with Crippen LogP contribution < -0.4 is 0 Å². The van der Waals surface area contributed by atoms with Crippen LogP contribution >= 0.6 is 0 Å². The van der Waals surface area contributed by atoms with Gasteiger partial charge in [0.05, 0.1) is 0 Å². The van der Waals surface area contributed by atoms with Crippen molar-refractivity contribution in [1.29, 1.82) is 0 Å². The second-order valence-corrected chi connectivity index (χ2v) is 1.55. The molecular formula is C2H6NaO5S. The predicted octanol–water partition coefficient (Wildman–Crippen LogP) is -1.19. The van der Waals surface area contributed by atoms with Gasteiger partial charge in [-0.15, -0.1) is 0 Å². The topological polar surface area (TPSA) is 91.7 Å². The van der Waals surface area contributed by atoms with Crippen LogP contribution in [0.3, 0.4) is 0 Å². The van der Waals surface area contributed by atoms with Gasteiger partial charge in [-0.2, -0.15) is 8.42 Å². The number of hydrogen-bond donors (Lipinski definition) is 2. The Balaban J connectivity index is -0.0000000800. The molecule has 0 aliphatic rings. The molecule has 0 aromatic carbocycles. The van der Waals surface area contributed by atoms with Gasteiger partial charge in [0.1, 0.15) is 0 Å². The second-order valence-electron chi connectivity index (χ2n) is 0.652.